The number of alkyl halides is 3. The monoisotopic (exact) mass is 437 g/mol. The minimum absolute atomic E-state index is 0. The standard InChI is InChI=1S/C15H22F3N3O2S.2ClH/c1-12-3-4-13(15(16,17)18)11-14(12)24(22,23)20-5-2-8-21-9-6-19-7-10-21;;/h3-4,11,19-20H,2,5-10H2,1H3;2*1H. The molecule has 0 unspecified atom stereocenters. The second kappa shape index (κ2) is 10.7. The van der Waals surface area contributed by atoms with E-state index >= 15 is 0 Å². The largest absolute Gasteiger partial charge is 0.416 e. The van der Waals surface area contributed by atoms with E-state index in [4.69, 9.17) is 0 Å². The summed E-state index contributed by atoms with van der Waals surface area (Å²) in [6, 6.07) is 2.75. The molecule has 1 aliphatic rings. The number of sulfonamides is 1. The third-order valence-electron chi connectivity index (χ3n) is 3.96. The third-order valence-corrected chi connectivity index (χ3v) is 5.56. The maximum Gasteiger partial charge on any atom is 0.416 e. The van der Waals surface area contributed by atoms with Crippen molar-refractivity contribution in [1.82, 2.24) is 14.9 Å². The Hall–Kier alpha value is -0.580. The molecule has 0 saturated carbocycles. The van der Waals surface area contributed by atoms with E-state index in [0.717, 1.165) is 38.8 Å². The topological polar surface area (TPSA) is 61.4 Å². The predicted octanol–water partition coefficient (Wildman–Crippen LogP) is 2.43. The lowest BCUT2D eigenvalue weighted by molar-refractivity contribution is -0.137. The van der Waals surface area contributed by atoms with Crippen molar-refractivity contribution in [3.63, 3.8) is 0 Å². The van der Waals surface area contributed by atoms with Crippen LogP contribution in [0.25, 0.3) is 0 Å². The quantitative estimate of drug-likeness (QED) is 0.670. The van der Waals surface area contributed by atoms with Crippen LogP contribution in [0, 0.1) is 6.92 Å². The van der Waals surface area contributed by atoms with E-state index in [0.29, 0.717) is 12.5 Å². The SMILES string of the molecule is Cc1ccc(C(F)(F)F)cc1S(=O)(=O)NCCCN1CCNCC1.Cl.Cl. The summed E-state index contributed by atoms with van der Waals surface area (Å²) in [7, 11) is -3.96. The Kier molecular flexibility index (Phi) is 10.4. The van der Waals surface area contributed by atoms with Gasteiger partial charge >= 0.3 is 6.18 Å². The van der Waals surface area contributed by atoms with Gasteiger partial charge in [-0.05, 0) is 37.6 Å². The lowest BCUT2D eigenvalue weighted by Crippen LogP contribution is -2.44. The Bertz CT molecular complexity index is 667. The van der Waals surface area contributed by atoms with Crippen LogP contribution < -0.4 is 10.0 Å². The third kappa shape index (κ3) is 7.21. The van der Waals surface area contributed by atoms with Crippen molar-refractivity contribution >= 4 is 34.8 Å². The van der Waals surface area contributed by atoms with Crippen molar-refractivity contribution in [3.8, 4) is 0 Å². The average molecular weight is 438 g/mol. The van der Waals surface area contributed by atoms with Gasteiger partial charge in [0, 0.05) is 32.7 Å². The summed E-state index contributed by atoms with van der Waals surface area (Å²) >= 11 is 0. The van der Waals surface area contributed by atoms with Gasteiger partial charge in [-0.1, -0.05) is 6.07 Å². The molecule has 0 atom stereocenters. The van der Waals surface area contributed by atoms with E-state index in [1.54, 1.807) is 0 Å². The molecule has 1 aliphatic heterocycles. The van der Waals surface area contributed by atoms with Gasteiger partial charge in [0.15, 0.2) is 0 Å². The molecule has 152 valence electrons. The molecule has 1 saturated heterocycles. The summed E-state index contributed by atoms with van der Waals surface area (Å²) in [5.74, 6) is 0. The van der Waals surface area contributed by atoms with Crippen LogP contribution in [0.15, 0.2) is 23.1 Å². The Morgan fingerprint density at radius 2 is 1.81 bits per heavy atom. The fraction of sp³-hybridized carbons (Fsp3) is 0.600. The maximum absolute atomic E-state index is 12.8. The zero-order valence-electron chi connectivity index (χ0n) is 14.3. The van der Waals surface area contributed by atoms with Crippen LogP contribution in [0.3, 0.4) is 0 Å². The van der Waals surface area contributed by atoms with Crippen LogP contribution in [-0.2, 0) is 16.2 Å². The van der Waals surface area contributed by atoms with Crippen LogP contribution in [-0.4, -0.2) is 52.6 Å². The van der Waals surface area contributed by atoms with Gasteiger partial charge in [-0.25, -0.2) is 13.1 Å². The van der Waals surface area contributed by atoms with Crippen molar-refractivity contribution < 1.29 is 21.6 Å². The lowest BCUT2D eigenvalue weighted by Gasteiger charge is -2.27. The van der Waals surface area contributed by atoms with Crippen LogP contribution in [0.4, 0.5) is 13.2 Å². The van der Waals surface area contributed by atoms with Crippen molar-refractivity contribution in [2.45, 2.75) is 24.4 Å². The number of nitrogens with zero attached hydrogens (tertiary/aromatic N) is 1. The molecule has 0 aromatic heterocycles. The van der Waals surface area contributed by atoms with Crippen LogP contribution in [0.1, 0.15) is 17.5 Å². The molecule has 0 amide bonds. The van der Waals surface area contributed by atoms with Crippen molar-refractivity contribution in [2.75, 3.05) is 39.3 Å². The highest BCUT2D eigenvalue weighted by Crippen LogP contribution is 2.31. The maximum atomic E-state index is 12.8. The molecule has 26 heavy (non-hydrogen) atoms. The average Bonchev–Trinajstić information content (AvgIpc) is 2.52. The molecule has 5 nitrogen and oxygen atoms in total. The van der Waals surface area contributed by atoms with E-state index in [1.165, 1.54) is 13.0 Å². The molecule has 1 fully saturated rings. The van der Waals surface area contributed by atoms with E-state index in [2.05, 4.69) is 14.9 Å². The Balaban J connectivity index is 0.00000312. The number of piperazine rings is 1. The summed E-state index contributed by atoms with van der Waals surface area (Å²) in [5, 5.41) is 3.23. The number of halogens is 5. The van der Waals surface area contributed by atoms with Crippen molar-refractivity contribution in [2.24, 2.45) is 0 Å². The van der Waals surface area contributed by atoms with E-state index in [-0.39, 0.29) is 41.8 Å². The lowest BCUT2D eigenvalue weighted by atomic mass is 10.1. The van der Waals surface area contributed by atoms with Crippen LogP contribution >= 0.6 is 24.8 Å². The predicted molar refractivity (Wildman–Crippen MR) is 99.8 cm³/mol. The Labute approximate surface area is 164 Å². The minimum Gasteiger partial charge on any atom is -0.314 e. The molecule has 2 N–H and O–H groups in total. The summed E-state index contributed by atoms with van der Waals surface area (Å²) < 4.78 is 65.3. The molecule has 2 rings (SSSR count). The highest BCUT2D eigenvalue weighted by atomic mass is 35.5. The smallest absolute Gasteiger partial charge is 0.314 e. The molecule has 11 heteroatoms. The minimum atomic E-state index is -4.57. The first-order valence-electron chi connectivity index (χ1n) is 7.81. The van der Waals surface area contributed by atoms with Crippen molar-refractivity contribution in [3.05, 3.63) is 29.3 Å². The van der Waals surface area contributed by atoms with E-state index in [1.807, 2.05) is 0 Å². The molecule has 0 radical (unpaired) electrons. The number of hydrogen-bond acceptors (Lipinski definition) is 4. The second-order valence-corrected chi connectivity index (χ2v) is 7.56. The molecule has 1 aromatic rings. The van der Waals surface area contributed by atoms with Gasteiger partial charge in [-0.15, -0.1) is 24.8 Å². The Morgan fingerprint density at radius 3 is 2.38 bits per heavy atom. The van der Waals surface area contributed by atoms with E-state index < -0.39 is 21.8 Å². The molecule has 0 bridgehead atoms. The van der Waals surface area contributed by atoms with Crippen molar-refractivity contribution in [1.29, 1.82) is 0 Å². The first-order valence-corrected chi connectivity index (χ1v) is 9.29. The molecular formula is C15H24Cl2F3N3O2S. The summed E-state index contributed by atoms with van der Waals surface area (Å²) in [5.41, 5.74) is -0.674. The zero-order chi connectivity index (χ0) is 17.8. The fourth-order valence-electron chi connectivity index (χ4n) is 2.59. The normalized spacial score (nSPS) is 15.8. The van der Waals surface area contributed by atoms with Crippen LogP contribution in [0.2, 0.25) is 0 Å². The van der Waals surface area contributed by atoms with Gasteiger partial charge in [-0.2, -0.15) is 13.2 Å². The highest BCUT2D eigenvalue weighted by Gasteiger charge is 2.32. The number of aryl methyl sites for hydroxylation is 1. The van der Waals surface area contributed by atoms with Gasteiger partial charge in [0.25, 0.3) is 0 Å². The van der Waals surface area contributed by atoms with E-state index in [9.17, 15) is 21.6 Å². The van der Waals surface area contributed by atoms with Gasteiger partial charge in [0.05, 0.1) is 10.5 Å². The first-order chi connectivity index (χ1) is 11.2. The number of nitrogens with one attached hydrogen (secondary N) is 2. The van der Waals surface area contributed by atoms with Gasteiger partial charge in [0.2, 0.25) is 10.0 Å². The summed E-state index contributed by atoms with van der Waals surface area (Å²) in [6.07, 6.45) is -3.96. The Morgan fingerprint density at radius 1 is 1.19 bits per heavy atom. The summed E-state index contributed by atoms with van der Waals surface area (Å²) in [4.78, 5) is 1.90. The molecular weight excluding hydrogens is 414 g/mol. The number of rotatable bonds is 6. The highest BCUT2D eigenvalue weighted by molar-refractivity contribution is 7.89. The fourth-order valence-corrected chi connectivity index (χ4v) is 3.93. The number of hydrogen-bond donors (Lipinski definition) is 2. The number of benzene rings is 1. The summed E-state index contributed by atoms with van der Waals surface area (Å²) in [6.45, 7) is 6.09. The van der Waals surface area contributed by atoms with Gasteiger partial charge in [0.1, 0.15) is 0 Å². The molecule has 0 spiro atoms. The first kappa shape index (κ1) is 25.4. The van der Waals surface area contributed by atoms with Crippen LogP contribution in [0.5, 0.6) is 0 Å². The molecule has 0 aliphatic carbocycles. The van der Waals surface area contributed by atoms with Gasteiger partial charge < -0.3 is 10.2 Å². The van der Waals surface area contributed by atoms with Gasteiger partial charge in [-0.3, -0.25) is 0 Å². The zero-order valence-corrected chi connectivity index (χ0v) is 16.8. The molecule has 1 heterocycles. The second-order valence-electron chi connectivity index (χ2n) is 5.82. The molecule has 1 aromatic carbocycles.